The van der Waals surface area contributed by atoms with Crippen LogP contribution in [0.1, 0.15) is 9.67 Å². The first-order valence-corrected chi connectivity index (χ1v) is 6.31. The summed E-state index contributed by atoms with van der Waals surface area (Å²) in [6, 6.07) is 1.83. The minimum Gasteiger partial charge on any atom is -0.281 e. The van der Waals surface area contributed by atoms with E-state index in [-0.39, 0.29) is 5.12 Å². The highest BCUT2D eigenvalue weighted by Crippen LogP contribution is 2.33. The lowest BCUT2D eigenvalue weighted by molar-refractivity contribution is 0.109. The topological polar surface area (TPSA) is 17.1 Å². The van der Waals surface area contributed by atoms with E-state index in [2.05, 4.69) is 31.9 Å². The van der Waals surface area contributed by atoms with Gasteiger partial charge in [-0.05, 0) is 44.2 Å². The average Bonchev–Trinajstić information content (AvgIpc) is 2.31. The lowest BCUT2D eigenvalue weighted by Gasteiger charge is -1.86. The van der Waals surface area contributed by atoms with Gasteiger partial charge in [0.2, 0.25) is 5.12 Å². The molecule has 0 amide bonds. The van der Waals surface area contributed by atoms with Crippen molar-refractivity contribution >= 4 is 60.1 Å². The van der Waals surface area contributed by atoms with Crippen LogP contribution in [0.2, 0.25) is 0 Å². The van der Waals surface area contributed by atoms with Gasteiger partial charge in [0.1, 0.15) is 0 Å². The minimum absolute atomic E-state index is 0.112. The highest BCUT2D eigenvalue weighted by atomic mass is 79.9. The number of halogens is 2. The van der Waals surface area contributed by atoms with Gasteiger partial charge in [0, 0.05) is 4.47 Å². The standard InChI is InChI=1S/C6H4Br2OS2/c1-10-6(9)4-2-3(7)5(8)11-4/h2H,1H3. The summed E-state index contributed by atoms with van der Waals surface area (Å²) >= 11 is 9.32. The van der Waals surface area contributed by atoms with Gasteiger partial charge in [0.15, 0.2) is 0 Å². The molecule has 1 nitrogen and oxygen atoms in total. The predicted molar refractivity (Wildman–Crippen MR) is 57.6 cm³/mol. The van der Waals surface area contributed by atoms with Crippen molar-refractivity contribution in [3.8, 4) is 0 Å². The van der Waals surface area contributed by atoms with Crippen molar-refractivity contribution in [2.24, 2.45) is 0 Å². The Bertz CT molecular complexity index is 263. The Hall–Kier alpha value is 0.680. The second-order valence-electron chi connectivity index (χ2n) is 1.72. The van der Waals surface area contributed by atoms with Crippen LogP contribution in [0.4, 0.5) is 0 Å². The molecule has 0 unspecified atom stereocenters. The molecule has 0 saturated heterocycles. The van der Waals surface area contributed by atoms with Gasteiger partial charge in [-0.25, -0.2) is 0 Å². The number of carbonyl (C=O) groups is 1. The molecule has 1 aromatic heterocycles. The zero-order chi connectivity index (χ0) is 8.43. The van der Waals surface area contributed by atoms with Gasteiger partial charge in [-0.1, -0.05) is 11.8 Å². The average molecular weight is 316 g/mol. The lowest BCUT2D eigenvalue weighted by Crippen LogP contribution is -1.84. The van der Waals surface area contributed by atoms with E-state index in [0.29, 0.717) is 0 Å². The first-order chi connectivity index (χ1) is 5.15. The van der Waals surface area contributed by atoms with Crippen molar-refractivity contribution in [2.45, 2.75) is 0 Å². The summed E-state index contributed by atoms with van der Waals surface area (Å²) in [4.78, 5) is 11.9. The maximum atomic E-state index is 11.1. The van der Waals surface area contributed by atoms with E-state index < -0.39 is 0 Å². The molecule has 0 aliphatic heterocycles. The first-order valence-electron chi connectivity index (χ1n) is 2.68. The minimum atomic E-state index is 0.112. The molecule has 60 valence electrons. The van der Waals surface area contributed by atoms with E-state index in [1.807, 2.05) is 6.07 Å². The molecule has 0 atom stereocenters. The molecule has 5 heteroatoms. The van der Waals surface area contributed by atoms with Crippen molar-refractivity contribution in [3.63, 3.8) is 0 Å². The molecule has 0 bridgehead atoms. The fraction of sp³-hybridized carbons (Fsp3) is 0.167. The molecular formula is C6H4Br2OS2. The molecule has 1 rings (SSSR count). The summed E-state index contributed by atoms with van der Waals surface area (Å²) in [7, 11) is 0. The maximum absolute atomic E-state index is 11.1. The third kappa shape index (κ3) is 2.31. The Balaban J connectivity index is 2.97. The Morgan fingerprint density at radius 1 is 1.64 bits per heavy atom. The van der Waals surface area contributed by atoms with Crippen LogP contribution in [0.25, 0.3) is 0 Å². The molecule has 0 N–H and O–H groups in total. The highest BCUT2D eigenvalue weighted by Gasteiger charge is 2.09. The Morgan fingerprint density at radius 3 is 2.64 bits per heavy atom. The van der Waals surface area contributed by atoms with Crippen molar-refractivity contribution in [3.05, 3.63) is 19.2 Å². The monoisotopic (exact) mass is 314 g/mol. The zero-order valence-corrected chi connectivity index (χ0v) is 10.4. The number of thiophene rings is 1. The molecule has 0 aromatic carbocycles. The second kappa shape index (κ2) is 4.07. The van der Waals surface area contributed by atoms with E-state index in [9.17, 15) is 4.79 Å². The Kier molecular flexibility index (Phi) is 3.61. The van der Waals surface area contributed by atoms with E-state index in [1.165, 1.54) is 23.1 Å². The van der Waals surface area contributed by atoms with Crippen LogP contribution in [-0.4, -0.2) is 11.4 Å². The normalized spacial score (nSPS) is 10.1. The highest BCUT2D eigenvalue weighted by molar-refractivity contribution is 9.13. The molecule has 0 fully saturated rings. The molecule has 0 aliphatic carbocycles. The van der Waals surface area contributed by atoms with Gasteiger partial charge in [-0.2, -0.15) is 0 Å². The van der Waals surface area contributed by atoms with Crippen LogP contribution in [0.3, 0.4) is 0 Å². The lowest BCUT2D eigenvalue weighted by atomic mass is 10.5. The molecule has 0 aliphatic rings. The second-order valence-corrected chi connectivity index (χ2v) is 5.73. The number of thioether (sulfide) groups is 1. The molecule has 0 radical (unpaired) electrons. The zero-order valence-electron chi connectivity index (χ0n) is 5.56. The first kappa shape index (κ1) is 9.77. The van der Waals surface area contributed by atoms with Gasteiger partial charge in [-0.15, -0.1) is 11.3 Å². The molecule has 0 saturated carbocycles. The maximum Gasteiger partial charge on any atom is 0.229 e. The van der Waals surface area contributed by atoms with Gasteiger partial charge in [-0.3, -0.25) is 4.79 Å². The van der Waals surface area contributed by atoms with Crippen LogP contribution in [0.5, 0.6) is 0 Å². The largest absolute Gasteiger partial charge is 0.281 e. The van der Waals surface area contributed by atoms with E-state index in [4.69, 9.17) is 0 Å². The van der Waals surface area contributed by atoms with E-state index in [1.54, 1.807) is 6.26 Å². The summed E-state index contributed by atoms with van der Waals surface area (Å²) in [6.45, 7) is 0. The fourth-order valence-corrected chi connectivity index (χ4v) is 3.05. The summed E-state index contributed by atoms with van der Waals surface area (Å²) in [6.07, 6.45) is 1.78. The van der Waals surface area contributed by atoms with E-state index >= 15 is 0 Å². The molecule has 0 spiro atoms. The van der Waals surface area contributed by atoms with Crippen molar-refractivity contribution in [1.29, 1.82) is 0 Å². The van der Waals surface area contributed by atoms with Gasteiger partial charge in [0.25, 0.3) is 0 Å². The van der Waals surface area contributed by atoms with Crippen LogP contribution in [0, 0.1) is 0 Å². The molecule has 11 heavy (non-hydrogen) atoms. The smallest absolute Gasteiger partial charge is 0.229 e. The van der Waals surface area contributed by atoms with Gasteiger partial charge in [0.05, 0.1) is 8.66 Å². The van der Waals surface area contributed by atoms with Crippen LogP contribution in [0.15, 0.2) is 14.3 Å². The summed E-state index contributed by atoms with van der Waals surface area (Å²) < 4.78 is 1.91. The quantitative estimate of drug-likeness (QED) is 0.784. The Labute approximate surface area is 89.8 Å². The Morgan fingerprint density at radius 2 is 2.27 bits per heavy atom. The van der Waals surface area contributed by atoms with Crippen molar-refractivity contribution < 1.29 is 4.79 Å². The molecule has 1 aromatic rings. The fourth-order valence-electron chi connectivity index (χ4n) is 0.548. The van der Waals surface area contributed by atoms with Crippen molar-refractivity contribution in [1.82, 2.24) is 0 Å². The SMILES string of the molecule is CSC(=O)c1cc(Br)c(Br)s1. The molecular weight excluding hydrogens is 312 g/mol. The molecule has 1 heterocycles. The van der Waals surface area contributed by atoms with Crippen LogP contribution >= 0.6 is 55.0 Å². The van der Waals surface area contributed by atoms with Gasteiger partial charge < -0.3 is 0 Å². The summed E-state index contributed by atoms with van der Waals surface area (Å²) in [5.41, 5.74) is 0. The summed E-state index contributed by atoms with van der Waals surface area (Å²) in [5.74, 6) is 0. The van der Waals surface area contributed by atoms with Crippen molar-refractivity contribution in [2.75, 3.05) is 6.26 Å². The van der Waals surface area contributed by atoms with Crippen LogP contribution < -0.4 is 0 Å². The number of rotatable bonds is 1. The number of carbonyl (C=O) groups excluding carboxylic acids is 1. The number of hydrogen-bond acceptors (Lipinski definition) is 3. The third-order valence-electron chi connectivity index (χ3n) is 1.03. The number of hydrogen-bond donors (Lipinski definition) is 0. The van der Waals surface area contributed by atoms with E-state index in [0.717, 1.165) is 13.1 Å². The van der Waals surface area contributed by atoms with Crippen LogP contribution in [-0.2, 0) is 0 Å². The van der Waals surface area contributed by atoms with Gasteiger partial charge >= 0.3 is 0 Å². The third-order valence-corrected chi connectivity index (χ3v) is 5.01. The summed E-state index contributed by atoms with van der Waals surface area (Å²) in [5, 5.41) is 0.112. The predicted octanol–water partition coefficient (Wildman–Crippen LogP) is 3.78.